The van der Waals surface area contributed by atoms with Crippen LogP contribution >= 0.6 is 23.2 Å². The lowest BCUT2D eigenvalue weighted by Crippen LogP contribution is -2.30. The lowest BCUT2D eigenvalue weighted by atomic mass is 10.3. The smallest absolute Gasteiger partial charge is 0.265 e. The molecule has 0 aromatic heterocycles. The number of nitrogens with one attached hydrogen (secondary N) is 1. The average molecular weight is 354 g/mol. The molecule has 2 aromatic rings. The number of carbonyl (C=O) groups excluding carboxylic acids is 1. The van der Waals surface area contributed by atoms with Crippen molar-refractivity contribution < 1.29 is 14.3 Å². The Balaban J connectivity index is 1.96. The highest BCUT2D eigenvalue weighted by Gasteiger charge is 2.15. The molecule has 0 fully saturated rings. The third-order valence-electron chi connectivity index (χ3n) is 2.95. The minimum atomic E-state index is -0.675. The first kappa shape index (κ1) is 17.4. The number of halogens is 2. The van der Waals surface area contributed by atoms with Gasteiger partial charge in [0, 0.05) is 15.7 Å². The first-order valence-electron chi connectivity index (χ1n) is 7.14. The summed E-state index contributed by atoms with van der Waals surface area (Å²) < 4.78 is 11.0. The van der Waals surface area contributed by atoms with Gasteiger partial charge in [0.15, 0.2) is 6.10 Å². The molecular formula is C17H17Cl2NO3. The van der Waals surface area contributed by atoms with Gasteiger partial charge in [-0.3, -0.25) is 4.79 Å². The van der Waals surface area contributed by atoms with Gasteiger partial charge in [-0.15, -0.1) is 0 Å². The number of hydrogen-bond acceptors (Lipinski definition) is 3. The third kappa shape index (κ3) is 5.34. The maximum Gasteiger partial charge on any atom is 0.265 e. The van der Waals surface area contributed by atoms with Gasteiger partial charge in [-0.1, -0.05) is 23.2 Å². The Labute approximate surface area is 145 Å². The highest BCUT2D eigenvalue weighted by atomic mass is 35.5. The van der Waals surface area contributed by atoms with E-state index in [4.69, 9.17) is 32.7 Å². The van der Waals surface area contributed by atoms with E-state index in [1.165, 1.54) is 0 Å². The van der Waals surface area contributed by atoms with Crippen LogP contribution in [-0.2, 0) is 4.79 Å². The summed E-state index contributed by atoms with van der Waals surface area (Å²) in [4.78, 5) is 12.2. The zero-order chi connectivity index (χ0) is 16.8. The molecule has 0 aliphatic carbocycles. The first-order chi connectivity index (χ1) is 11.0. The van der Waals surface area contributed by atoms with Gasteiger partial charge in [0.05, 0.1) is 6.61 Å². The monoisotopic (exact) mass is 353 g/mol. The van der Waals surface area contributed by atoms with Crippen molar-refractivity contribution in [1.82, 2.24) is 0 Å². The molecule has 1 N–H and O–H groups in total. The number of hydrogen-bond donors (Lipinski definition) is 1. The molecule has 0 radical (unpaired) electrons. The van der Waals surface area contributed by atoms with Gasteiger partial charge in [0.1, 0.15) is 11.5 Å². The molecule has 1 unspecified atom stereocenters. The quantitative estimate of drug-likeness (QED) is 0.811. The molecule has 23 heavy (non-hydrogen) atoms. The number of rotatable bonds is 6. The van der Waals surface area contributed by atoms with Crippen LogP contribution < -0.4 is 14.8 Å². The van der Waals surface area contributed by atoms with Crippen LogP contribution in [0.1, 0.15) is 13.8 Å². The fourth-order valence-corrected chi connectivity index (χ4v) is 2.43. The molecule has 0 saturated carbocycles. The zero-order valence-corrected chi connectivity index (χ0v) is 14.3. The van der Waals surface area contributed by atoms with Crippen LogP contribution in [0.5, 0.6) is 11.5 Å². The van der Waals surface area contributed by atoms with Gasteiger partial charge in [-0.05, 0) is 56.3 Å². The fraction of sp³-hybridized carbons (Fsp3) is 0.235. The van der Waals surface area contributed by atoms with Crippen LogP contribution in [0.25, 0.3) is 0 Å². The van der Waals surface area contributed by atoms with Crippen molar-refractivity contribution in [3.63, 3.8) is 0 Å². The fourth-order valence-electron chi connectivity index (χ4n) is 1.91. The molecule has 1 atom stereocenters. The SMILES string of the molecule is CCOc1ccc(OC(C)C(=O)Nc2cc(Cl)cc(Cl)c2)cc1. The van der Waals surface area contributed by atoms with Crippen LogP contribution in [-0.4, -0.2) is 18.6 Å². The van der Waals surface area contributed by atoms with Gasteiger partial charge >= 0.3 is 0 Å². The second kappa shape index (κ2) is 8.09. The molecule has 0 saturated heterocycles. The Morgan fingerprint density at radius 2 is 1.65 bits per heavy atom. The minimum Gasteiger partial charge on any atom is -0.494 e. The van der Waals surface area contributed by atoms with Crippen LogP contribution in [0, 0.1) is 0 Å². The zero-order valence-electron chi connectivity index (χ0n) is 12.8. The largest absolute Gasteiger partial charge is 0.494 e. The molecule has 6 heteroatoms. The lowest BCUT2D eigenvalue weighted by molar-refractivity contribution is -0.122. The van der Waals surface area contributed by atoms with Crippen molar-refractivity contribution >= 4 is 34.8 Å². The molecular weight excluding hydrogens is 337 g/mol. The van der Waals surface area contributed by atoms with Crippen LogP contribution in [0.15, 0.2) is 42.5 Å². The number of benzene rings is 2. The molecule has 0 bridgehead atoms. The summed E-state index contributed by atoms with van der Waals surface area (Å²) in [6.07, 6.45) is -0.675. The highest BCUT2D eigenvalue weighted by Crippen LogP contribution is 2.23. The maximum atomic E-state index is 12.2. The van der Waals surface area contributed by atoms with Gasteiger partial charge in [0.25, 0.3) is 5.91 Å². The van der Waals surface area contributed by atoms with Crippen molar-refractivity contribution in [1.29, 1.82) is 0 Å². The lowest BCUT2D eigenvalue weighted by Gasteiger charge is -2.15. The Morgan fingerprint density at radius 3 is 2.22 bits per heavy atom. The van der Waals surface area contributed by atoms with Crippen LogP contribution in [0.3, 0.4) is 0 Å². The summed E-state index contributed by atoms with van der Waals surface area (Å²) in [5.41, 5.74) is 0.523. The predicted molar refractivity (Wildman–Crippen MR) is 92.8 cm³/mol. The van der Waals surface area contributed by atoms with Gasteiger partial charge < -0.3 is 14.8 Å². The Kier molecular flexibility index (Phi) is 6.13. The summed E-state index contributed by atoms with van der Waals surface area (Å²) in [5.74, 6) is 1.04. The maximum absolute atomic E-state index is 12.2. The summed E-state index contributed by atoms with van der Waals surface area (Å²) in [6, 6.07) is 11.9. The number of ether oxygens (including phenoxy) is 2. The summed E-state index contributed by atoms with van der Waals surface area (Å²) in [7, 11) is 0. The molecule has 4 nitrogen and oxygen atoms in total. The second-order valence-corrected chi connectivity index (χ2v) is 5.68. The summed E-state index contributed by atoms with van der Waals surface area (Å²) in [5, 5.41) is 3.62. The van der Waals surface area contributed by atoms with E-state index in [0.717, 1.165) is 5.75 Å². The first-order valence-corrected chi connectivity index (χ1v) is 7.90. The van der Waals surface area contributed by atoms with Crippen molar-refractivity contribution in [3.05, 3.63) is 52.5 Å². The summed E-state index contributed by atoms with van der Waals surface area (Å²) >= 11 is 11.8. The average Bonchev–Trinajstić information content (AvgIpc) is 2.48. The Bertz CT molecular complexity index is 654. The van der Waals surface area contributed by atoms with E-state index < -0.39 is 6.10 Å². The van der Waals surface area contributed by atoms with E-state index in [2.05, 4.69) is 5.32 Å². The molecule has 0 aliphatic rings. The topological polar surface area (TPSA) is 47.6 Å². The molecule has 0 heterocycles. The van der Waals surface area contributed by atoms with E-state index >= 15 is 0 Å². The van der Waals surface area contributed by atoms with Crippen molar-refractivity contribution in [2.24, 2.45) is 0 Å². The normalized spacial score (nSPS) is 11.7. The van der Waals surface area contributed by atoms with Crippen molar-refractivity contribution in [3.8, 4) is 11.5 Å². The standard InChI is InChI=1S/C17H17Cl2NO3/c1-3-22-15-4-6-16(7-5-15)23-11(2)17(21)20-14-9-12(18)8-13(19)10-14/h4-11H,3H2,1-2H3,(H,20,21). The molecule has 0 aliphatic heterocycles. The van der Waals surface area contributed by atoms with E-state index in [0.29, 0.717) is 28.1 Å². The van der Waals surface area contributed by atoms with Gasteiger partial charge in [-0.25, -0.2) is 0 Å². The van der Waals surface area contributed by atoms with E-state index in [1.807, 2.05) is 6.92 Å². The number of anilines is 1. The molecule has 2 aromatic carbocycles. The molecule has 1 amide bonds. The molecule has 0 spiro atoms. The number of carbonyl (C=O) groups is 1. The highest BCUT2D eigenvalue weighted by molar-refractivity contribution is 6.35. The molecule has 2 rings (SSSR count). The van der Waals surface area contributed by atoms with Crippen molar-refractivity contribution in [2.75, 3.05) is 11.9 Å². The van der Waals surface area contributed by atoms with Crippen LogP contribution in [0.2, 0.25) is 10.0 Å². The Hall–Kier alpha value is -1.91. The second-order valence-electron chi connectivity index (χ2n) is 4.81. The van der Waals surface area contributed by atoms with E-state index in [1.54, 1.807) is 49.4 Å². The summed E-state index contributed by atoms with van der Waals surface area (Å²) in [6.45, 7) is 4.18. The van der Waals surface area contributed by atoms with E-state index in [9.17, 15) is 4.79 Å². The van der Waals surface area contributed by atoms with Crippen LogP contribution in [0.4, 0.5) is 5.69 Å². The molecule has 122 valence electrons. The van der Waals surface area contributed by atoms with Crippen molar-refractivity contribution in [2.45, 2.75) is 20.0 Å². The minimum absolute atomic E-state index is 0.294. The predicted octanol–water partition coefficient (Wildman–Crippen LogP) is 4.80. The number of amides is 1. The van der Waals surface area contributed by atoms with E-state index in [-0.39, 0.29) is 5.91 Å². The van der Waals surface area contributed by atoms with Gasteiger partial charge in [-0.2, -0.15) is 0 Å². The third-order valence-corrected chi connectivity index (χ3v) is 3.38. The Morgan fingerprint density at radius 1 is 1.09 bits per heavy atom. The van der Waals surface area contributed by atoms with Gasteiger partial charge in [0.2, 0.25) is 0 Å².